The van der Waals surface area contributed by atoms with E-state index in [0.29, 0.717) is 12.5 Å². The van der Waals surface area contributed by atoms with Crippen LogP contribution in [0.3, 0.4) is 0 Å². The van der Waals surface area contributed by atoms with Gasteiger partial charge >= 0.3 is 0 Å². The van der Waals surface area contributed by atoms with Crippen LogP contribution in [0, 0.1) is 0 Å². The van der Waals surface area contributed by atoms with Crippen LogP contribution in [0.5, 0.6) is 0 Å². The second kappa shape index (κ2) is 6.93. The Bertz CT molecular complexity index is 633. The van der Waals surface area contributed by atoms with Crippen molar-refractivity contribution >= 4 is 17.5 Å². The fourth-order valence-corrected chi connectivity index (χ4v) is 3.61. The molecule has 5 heteroatoms. The third-order valence-electron chi connectivity index (χ3n) is 5.16. The number of amides is 2. The molecule has 1 aromatic carbocycles. The molecule has 0 N–H and O–H groups in total. The molecular weight excluding hydrogens is 302 g/mol. The molecule has 2 amide bonds. The van der Waals surface area contributed by atoms with Crippen LogP contribution >= 0.6 is 0 Å². The largest absolute Gasteiger partial charge is 0.336 e. The molecule has 0 spiro atoms. The molecule has 2 aliphatic heterocycles. The van der Waals surface area contributed by atoms with E-state index in [1.54, 1.807) is 0 Å². The highest BCUT2D eigenvalue weighted by Crippen LogP contribution is 2.29. The summed E-state index contributed by atoms with van der Waals surface area (Å²) >= 11 is 0. The van der Waals surface area contributed by atoms with Gasteiger partial charge < -0.3 is 9.80 Å². The molecule has 3 rings (SSSR count). The monoisotopic (exact) mass is 329 g/mol. The summed E-state index contributed by atoms with van der Waals surface area (Å²) in [6.07, 6.45) is 1.35. The standard InChI is InChI=1S/C19H27N3O2/c1-4-18(23)22-8-7-15-13-16(5-6-17(15)22)19(24)21-11-9-20(10-12-21)14(2)3/h5-6,13-14H,4,7-12H2,1-3H3. The normalized spacial score (nSPS) is 18.2. The Balaban J connectivity index is 1.70. The number of anilines is 1. The first-order chi connectivity index (χ1) is 11.5. The maximum Gasteiger partial charge on any atom is 0.253 e. The predicted molar refractivity (Wildman–Crippen MR) is 95.4 cm³/mol. The fraction of sp³-hybridized carbons (Fsp3) is 0.579. The van der Waals surface area contributed by atoms with Crippen LogP contribution in [-0.2, 0) is 11.2 Å². The highest BCUT2D eigenvalue weighted by molar-refractivity contribution is 5.98. The molecule has 1 saturated heterocycles. The van der Waals surface area contributed by atoms with Crippen molar-refractivity contribution in [3.05, 3.63) is 29.3 Å². The Morgan fingerprint density at radius 1 is 1.08 bits per heavy atom. The Hall–Kier alpha value is -1.88. The number of nitrogens with zero attached hydrogens (tertiary/aromatic N) is 3. The first-order valence-corrected chi connectivity index (χ1v) is 8.98. The molecule has 2 aliphatic rings. The zero-order valence-electron chi connectivity index (χ0n) is 14.9. The van der Waals surface area contributed by atoms with Crippen LogP contribution in [0.1, 0.15) is 43.1 Å². The molecule has 1 aromatic rings. The lowest BCUT2D eigenvalue weighted by molar-refractivity contribution is -0.118. The molecular formula is C19H27N3O2. The van der Waals surface area contributed by atoms with E-state index in [2.05, 4.69) is 18.7 Å². The number of hydrogen-bond acceptors (Lipinski definition) is 3. The molecule has 0 unspecified atom stereocenters. The molecule has 0 radical (unpaired) electrons. The summed E-state index contributed by atoms with van der Waals surface area (Å²) in [6.45, 7) is 10.5. The van der Waals surface area contributed by atoms with Gasteiger partial charge in [0.1, 0.15) is 0 Å². The Morgan fingerprint density at radius 3 is 2.42 bits per heavy atom. The van der Waals surface area contributed by atoms with Crippen molar-refractivity contribution in [1.82, 2.24) is 9.80 Å². The zero-order chi connectivity index (χ0) is 17.3. The number of carbonyl (C=O) groups excluding carboxylic acids is 2. The summed E-state index contributed by atoms with van der Waals surface area (Å²) in [5.41, 5.74) is 2.84. The molecule has 0 aliphatic carbocycles. The molecule has 0 bridgehead atoms. The Morgan fingerprint density at radius 2 is 1.79 bits per heavy atom. The van der Waals surface area contributed by atoms with Crippen molar-refractivity contribution in [2.24, 2.45) is 0 Å². The molecule has 1 fully saturated rings. The van der Waals surface area contributed by atoms with Gasteiger partial charge in [0.2, 0.25) is 5.91 Å². The molecule has 130 valence electrons. The first-order valence-electron chi connectivity index (χ1n) is 8.98. The van der Waals surface area contributed by atoms with E-state index in [4.69, 9.17) is 0 Å². The minimum Gasteiger partial charge on any atom is -0.336 e. The van der Waals surface area contributed by atoms with E-state index in [0.717, 1.165) is 56.0 Å². The Labute approximate surface area is 144 Å². The molecule has 5 nitrogen and oxygen atoms in total. The van der Waals surface area contributed by atoms with Gasteiger partial charge in [-0.3, -0.25) is 14.5 Å². The van der Waals surface area contributed by atoms with Gasteiger partial charge in [-0.05, 0) is 44.0 Å². The van der Waals surface area contributed by atoms with Crippen molar-refractivity contribution in [1.29, 1.82) is 0 Å². The van der Waals surface area contributed by atoms with Gasteiger partial charge in [-0.2, -0.15) is 0 Å². The van der Waals surface area contributed by atoms with E-state index in [1.165, 1.54) is 0 Å². The minimum absolute atomic E-state index is 0.112. The van der Waals surface area contributed by atoms with Crippen molar-refractivity contribution in [3.63, 3.8) is 0 Å². The third kappa shape index (κ3) is 3.18. The van der Waals surface area contributed by atoms with Gasteiger partial charge in [0, 0.05) is 56.4 Å². The van der Waals surface area contributed by atoms with Gasteiger partial charge in [0.05, 0.1) is 0 Å². The second-order valence-electron chi connectivity index (χ2n) is 6.91. The quantitative estimate of drug-likeness (QED) is 0.853. The summed E-state index contributed by atoms with van der Waals surface area (Å²) in [5, 5.41) is 0. The molecule has 2 heterocycles. The van der Waals surface area contributed by atoms with E-state index < -0.39 is 0 Å². The van der Waals surface area contributed by atoms with Crippen LogP contribution < -0.4 is 4.90 Å². The summed E-state index contributed by atoms with van der Waals surface area (Å²) in [7, 11) is 0. The number of rotatable bonds is 3. The summed E-state index contributed by atoms with van der Waals surface area (Å²) in [4.78, 5) is 30.9. The number of hydrogen-bond donors (Lipinski definition) is 0. The summed E-state index contributed by atoms with van der Waals surface area (Å²) < 4.78 is 0. The van der Waals surface area contributed by atoms with E-state index in [1.807, 2.05) is 34.9 Å². The smallest absolute Gasteiger partial charge is 0.253 e. The molecule has 0 atom stereocenters. The van der Waals surface area contributed by atoms with Crippen molar-refractivity contribution < 1.29 is 9.59 Å². The minimum atomic E-state index is 0.112. The van der Waals surface area contributed by atoms with Crippen molar-refractivity contribution in [2.75, 3.05) is 37.6 Å². The van der Waals surface area contributed by atoms with Crippen molar-refractivity contribution in [3.8, 4) is 0 Å². The van der Waals surface area contributed by atoms with E-state index >= 15 is 0 Å². The Kier molecular flexibility index (Phi) is 4.90. The average molecular weight is 329 g/mol. The molecule has 24 heavy (non-hydrogen) atoms. The summed E-state index contributed by atoms with van der Waals surface area (Å²) in [6, 6.07) is 6.32. The van der Waals surface area contributed by atoms with Crippen LogP contribution in [0.2, 0.25) is 0 Å². The maximum atomic E-state index is 12.8. The van der Waals surface area contributed by atoms with Gasteiger partial charge in [-0.1, -0.05) is 6.92 Å². The highest BCUT2D eigenvalue weighted by atomic mass is 16.2. The van der Waals surface area contributed by atoms with Gasteiger partial charge in [0.15, 0.2) is 0 Å². The van der Waals surface area contributed by atoms with Crippen LogP contribution in [0.25, 0.3) is 0 Å². The first kappa shape index (κ1) is 17.0. The fourth-order valence-electron chi connectivity index (χ4n) is 3.61. The van der Waals surface area contributed by atoms with Crippen molar-refractivity contribution in [2.45, 2.75) is 39.7 Å². The van der Waals surface area contributed by atoms with Gasteiger partial charge in [0.25, 0.3) is 5.91 Å². The highest BCUT2D eigenvalue weighted by Gasteiger charge is 2.27. The maximum absolute atomic E-state index is 12.8. The summed E-state index contributed by atoms with van der Waals surface area (Å²) in [5.74, 6) is 0.263. The SMILES string of the molecule is CCC(=O)N1CCc2cc(C(=O)N3CCN(C(C)C)CC3)ccc21. The predicted octanol–water partition coefficient (Wildman–Crippen LogP) is 2.15. The van der Waals surface area contributed by atoms with Crippen LogP contribution in [-0.4, -0.2) is 60.4 Å². The van der Waals surface area contributed by atoms with E-state index in [-0.39, 0.29) is 11.8 Å². The number of carbonyl (C=O) groups is 2. The van der Waals surface area contributed by atoms with Gasteiger partial charge in [-0.15, -0.1) is 0 Å². The lowest BCUT2D eigenvalue weighted by atomic mass is 10.1. The lowest BCUT2D eigenvalue weighted by Gasteiger charge is -2.37. The number of fused-ring (bicyclic) bond motifs is 1. The van der Waals surface area contributed by atoms with E-state index in [9.17, 15) is 9.59 Å². The number of benzene rings is 1. The third-order valence-corrected chi connectivity index (χ3v) is 5.16. The number of piperazine rings is 1. The van der Waals surface area contributed by atoms with Crippen LogP contribution in [0.4, 0.5) is 5.69 Å². The van der Waals surface area contributed by atoms with Gasteiger partial charge in [-0.25, -0.2) is 0 Å². The lowest BCUT2D eigenvalue weighted by Crippen LogP contribution is -2.50. The average Bonchev–Trinajstić information content (AvgIpc) is 3.03. The zero-order valence-corrected chi connectivity index (χ0v) is 14.9. The second-order valence-corrected chi connectivity index (χ2v) is 6.91. The van der Waals surface area contributed by atoms with Crippen LogP contribution in [0.15, 0.2) is 18.2 Å². The topological polar surface area (TPSA) is 43.9 Å². The molecule has 0 saturated carbocycles. The molecule has 0 aromatic heterocycles.